The maximum Gasteiger partial charge on any atom is 0.351 e. The lowest BCUT2D eigenvalue weighted by Crippen LogP contribution is -2.28. The van der Waals surface area contributed by atoms with Crippen LogP contribution in [0.25, 0.3) is 5.69 Å². The Hall–Kier alpha value is -2.85. The highest BCUT2D eigenvalue weighted by molar-refractivity contribution is 7.89. The number of rotatable bonds is 4. The third-order valence-electron chi connectivity index (χ3n) is 5.89. The Balaban J connectivity index is 1.49. The van der Waals surface area contributed by atoms with Gasteiger partial charge < -0.3 is 0 Å². The SMILES string of the molecule is O=c1n(-c2ccc(S(=O)(=O)N3CCCC3)cc2)nc2n1[C@H](c1cc(F)cc(F)c1)CC2. The van der Waals surface area contributed by atoms with Crippen LogP contribution in [0.2, 0.25) is 0 Å². The number of sulfonamides is 1. The van der Waals surface area contributed by atoms with Crippen LogP contribution in [0, 0.1) is 11.6 Å². The third-order valence-corrected chi connectivity index (χ3v) is 7.80. The number of benzene rings is 2. The Morgan fingerprint density at radius 3 is 2.26 bits per heavy atom. The highest BCUT2D eigenvalue weighted by atomic mass is 32.2. The number of halogens is 2. The molecule has 0 saturated carbocycles. The molecule has 162 valence electrons. The minimum Gasteiger partial charge on any atom is -0.271 e. The van der Waals surface area contributed by atoms with Gasteiger partial charge in [-0.3, -0.25) is 4.57 Å². The van der Waals surface area contributed by atoms with Crippen molar-refractivity contribution in [1.29, 1.82) is 0 Å². The number of fused-ring (bicyclic) bond motifs is 1. The molecule has 0 radical (unpaired) electrons. The highest BCUT2D eigenvalue weighted by Gasteiger charge is 2.31. The first kappa shape index (κ1) is 20.1. The Morgan fingerprint density at radius 1 is 0.968 bits per heavy atom. The second kappa shape index (κ2) is 7.38. The summed E-state index contributed by atoms with van der Waals surface area (Å²) >= 11 is 0. The number of aryl methyl sites for hydroxylation is 1. The van der Waals surface area contributed by atoms with E-state index in [-0.39, 0.29) is 4.90 Å². The van der Waals surface area contributed by atoms with Crippen LogP contribution < -0.4 is 5.69 Å². The van der Waals surface area contributed by atoms with Gasteiger partial charge in [0, 0.05) is 25.6 Å². The minimum atomic E-state index is -3.55. The first-order valence-corrected chi connectivity index (χ1v) is 11.6. The van der Waals surface area contributed by atoms with Crippen LogP contribution in [0.15, 0.2) is 52.2 Å². The molecule has 5 rings (SSSR count). The van der Waals surface area contributed by atoms with E-state index in [9.17, 15) is 22.0 Å². The predicted molar refractivity (Wildman–Crippen MR) is 109 cm³/mol. The normalized spacial score (nSPS) is 19.1. The van der Waals surface area contributed by atoms with Crippen LogP contribution in [-0.4, -0.2) is 40.2 Å². The van der Waals surface area contributed by atoms with Gasteiger partial charge in [-0.15, -0.1) is 5.10 Å². The number of hydrogen-bond donors (Lipinski definition) is 0. The second-order valence-corrected chi connectivity index (χ2v) is 9.78. The number of hydrogen-bond acceptors (Lipinski definition) is 4. The van der Waals surface area contributed by atoms with E-state index in [0.717, 1.165) is 18.9 Å². The summed E-state index contributed by atoms with van der Waals surface area (Å²) in [4.78, 5) is 13.2. The molecule has 1 fully saturated rings. The van der Waals surface area contributed by atoms with Gasteiger partial charge >= 0.3 is 5.69 Å². The quantitative estimate of drug-likeness (QED) is 0.617. The molecule has 10 heteroatoms. The summed E-state index contributed by atoms with van der Waals surface area (Å²) in [6, 6.07) is 8.78. The summed E-state index contributed by atoms with van der Waals surface area (Å²) in [7, 11) is -3.55. The largest absolute Gasteiger partial charge is 0.351 e. The van der Waals surface area contributed by atoms with E-state index in [1.807, 2.05) is 0 Å². The predicted octanol–water partition coefficient (Wildman–Crippen LogP) is 2.63. The van der Waals surface area contributed by atoms with Gasteiger partial charge in [0.15, 0.2) is 0 Å². The molecule has 0 amide bonds. The van der Waals surface area contributed by atoms with Crippen LogP contribution in [0.3, 0.4) is 0 Å². The molecule has 1 saturated heterocycles. The Labute approximate surface area is 177 Å². The van der Waals surface area contributed by atoms with Crippen molar-refractivity contribution in [1.82, 2.24) is 18.7 Å². The van der Waals surface area contributed by atoms with Crippen LogP contribution >= 0.6 is 0 Å². The van der Waals surface area contributed by atoms with Gasteiger partial charge in [-0.05, 0) is 61.2 Å². The average Bonchev–Trinajstić information content (AvgIpc) is 3.46. The summed E-state index contributed by atoms with van der Waals surface area (Å²) < 4.78 is 56.8. The van der Waals surface area contributed by atoms with Gasteiger partial charge in [0.1, 0.15) is 17.5 Å². The molecule has 0 bridgehead atoms. The fourth-order valence-corrected chi connectivity index (χ4v) is 5.90. The molecule has 0 aliphatic carbocycles. The van der Waals surface area contributed by atoms with E-state index in [0.29, 0.717) is 43.0 Å². The number of aromatic nitrogens is 3. The lowest BCUT2D eigenvalue weighted by molar-refractivity contribution is 0.477. The fourth-order valence-electron chi connectivity index (χ4n) is 4.39. The van der Waals surface area contributed by atoms with Gasteiger partial charge in [0.25, 0.3) is 0 Å². The lowest BCUT2D eigenvalue weighted by atomic mass is 10.0. The van der Waals surface area contributed by atoms with Crippen molar-refractivity contribution in [2.45, 2.75) is 36.6 Å². The van der Waals surface area contributed by atoms with Crippen LogP contribution in [0.4, 0.5) is 8.78 Å². The maximum atomic E-state index is 13.7. The minimum absolute atomic E-state index is 0.172. The van der Waals surface area contributed by atoms with Crippen molar-refractivity contribution in [3.05, 3.63) is 76.0 Å². The molecular weight excluding hydrogens is 426 g/mol. The van der Waals surface area contributed by atoms with Crippen LogP contribution in [-0.2, 0) is 16.4 Å². The summed E-state index contributed by atoms with van der Waals surface area (Å²) in [5, 5.41) is 4.37. The zero-order valence-corrected chi connectivity index (χ0v) is 17.4. The molecule has 7 nitrogen and oxygen atoms in total. The molecule has 2 aromatic carbocycles. The molecule has 1 atom stereocenters. The van der Waals surface area contributed by atoms with Crippen LogP contribution in [0.1, 0.15) is 36.7 Å². The zero-order valence-electron chi connectivity index (χ0n) is 16.5. The van der Waals surface area contributed by atoms with Gasteiger partial charge in [-0.25, -0.2) is 22.0 Å². The van der Waals surface area contributed by atoms with Gasteiger partial charge in [0.05, 0.1) is 16.6 Å². The molecule has 3 heterocycles. The van der Waals surface area contributed by atoms with E-state index >= 15 is 0 Å². The van der Waals surface area contributed by atoms with Crippen molar-refractivity contribution in [3.63, 3.8) is 0 Å². The monoisotopic (exact) mass is 446 g/mol. The summed E-state index contributed by atoms with van der Waals surface area (Å²) in [6.45, 7) is 1.03. The van der Waals surface area contributed by atoms with Crippen molar-refractivity contribution in [3.8, 4) is 5.69 Å². The number of nitrogens with zero attached hydrogens (tertiary/aromatic N) is 4. The van der Waals surface area contributed by atoms with Crippen molar-refractivity contribution in [2.24, 2.45) is 0 Å². The van der Waals surface area contributed by atoms with E-state index in [1.165, 1.54) is 37.8 Å². The zero-order chi connectivity index (χ0) is 21.8. The van der Waals surface area contributed by atoms with Crippen molar-refractivity contribution in [2.75, 3.05) is 13.1 Å². The summed E-state index contributed by atoms with van der Waals surface area (Å²) in [5.41, 5.74) is 0.374. The summed E-state index contributed by atoms with van der Waals surface area (Å²) in [6.07, 6.45) is 2.72. The average molecular weight is 446 g/mol. The lowest BCUT2D eigenvalue weighted by Gasteiger charge is -2.15. The maximum absolute atomic E-state index is 13.7. The molecule has 2 aliphatic rings. The topological polar surface area (TPSA) is 77.2 Å². The van der Waals surface area contributed by atoms with Gasteiger partial charge in [-0.1, -0.05) is 0 Å². The highest BCUT2D eigenvalue weighted by Crippen LogP contribution is 2.30. The van der Waals surface area contributed by atoms with Crippen molar-refractivity contribution < 1.29 is 17.2 Å². The van der Waals surface area contributed by atoms with Crippen molar-refractivity contribution >= 4 is 10.0 Å². The molecular formula is C21H20F2N4O3S. The third kappa shape index (κ3) is 3.39. The standard InChI is InChI=1S/C21H20F2N4O3S/c22-15-11-14(12-16(23)13-15)19-7-8-20-24-27(21(28)26(19)20)17-3-5-18(6-4-17)31(29,30)25-9-1-2-10-25/h3-6,11-13,19H,1-2,7-10H2/t19-/m0/s1. The molecule has 0 unspecified atom stereocenters. The molecule has 0 N–H and O–H groups in total. The second-order valence-electron chi connectivity index (χ2n) is 7.84. The Kier molecular flexibility index (Phi) is 4.78. The Morgan fingerprint density at radius 2 is 1.61 bits per heavy atom. The van der Waals surface area contributed by atoms with Gasteiger partial charge in [0.2, 0.25) is 10.0 Å². The fraction of sp³-hybridized carbons (Fsp3) is 0.333. The molecule has 0 spiro atoms. The van der Waals surface area contributed by atoms with E-state index in [2.05, 4.69) is 5.10 Å². The summed E-state index contributed by atoms with van der Waals surface area (Å²) in [5.74, 6) is -0.870. The molecule has 2 aliphatic heterocycles. The van der Waals surface area contributed by atoms with Crippen LogP contribution in [0.5, 0.6) is 0 Å². The van der Waals surface area contributed by atoms with E-state index in [1.54, 1.807) is 12.1 Å². The van der Waals surface area contributed by atoms with E-state index in [4.69, 9.17) is 0 Å². The first-order chi connectivity index (χ1) is 14.8. The molecule has 3 aromatic rings. The smallest absolute Gasteiger partial charge is 0.271 e. The van der Waals surface area contributed by atoms with E-state index < -0.39 is 33.4 Å². The molecule has 1 aromatic heterocycles. The van der Waals surface area contributed by atoms with Gasteiger partial charge in [-0.2, -0.15) is 8.99 Å². The first-order valence-electron chi connectivity index (χ1n) is 10.1. The Bertz CT molecular complexity index is 1290. The molecule has 31 heavy (non-hydrogen) atoms.